The Kier molecular flexibility index (Phi) is 4.47. The third-order valence-corrected chi connectivity index (χ3v) is 4.12. The maximum Gasteiger partial charge on any atom is 0.337 e. The molecule has 1 heterocycles. The number of hydrogen-bond donors (Lipinski definition) is 1. The van der Waals surface area contributed by atoms with Crippen molar-refractivity contribution in [1.29, 1.82) is 0 Å². The summed E-state index contributed by atoms with van der Waals surface area (Å²) in [5.74, 6) is 1.28. The predicted molar refractivity (Wildman–Crippen MR) is 79.0 cm³/mol. The van der Waals surface area contributed by atoms with Crippen LogP contribution in [0.1, 0.15) is 36.7 Å². The van der Waals surface area contributed by atoms with E-state index in [2.05, 4.69) is 18.8 Å². The standard InChI is InChI=1S/C14H18N2O2S/c1-3-19-8-7-10(2)16-9-15-12-6-4-5-11(13(12)16)14(17)18/h4-6,9-10H,3,7-8H2,1-2H3,(H,17,18). The molecule has 2 aromatic rings. The second kappa shape index (κ2) is 6.10. The first-order valence-electron chi connectivity index (χ1n) is 6.41. The first-order valence-corrected chi connectivity index (χ1v) is 7.57. The highest BCUT2D eigenvalue weighted by Crippen LogP contribution is 2.24. The van der Waals surface area contributed by atoms with E-state index < -0.39 is 5.97 Å². The van der Waals surface area contributed by atoms with Gasteiger partial charge in [-0.25, -0.2) is 9.78 Å². The van der Waals surface area contributed by atoms with E-state index in [0.717, 1.165) is 29.0 Å². The van der Waals surface area contributed by atoms with Crippen LogP contribution in [0.5, 0.6) is 0 Å². The van der Waals surface area contributed by atoms with Gasteiger partial charge in [-0.3, -0.25) is 0 Å². The number of fused-ring (bicyclic) bond motifs is 1. The summed E-state index contributed by atoms with van der Waals surface area (Å²) in [5, 5.41) is 9.28. The number of imidazole rings is 1. The SMILES string of the molecule is CCSCCC(C)n1cnc2cccc(C(=O)O)c21. The van der Waals surface area contributed by atoms with Crippen molar-refractivity contribution in [3.63, 3.8) is 0 Å². The van der Waals surface area contributed by atoms with Gasteiger partial charge in [0.15, 0.2) is 0 Å². The molecule has 0 radical (unpaired) electrons. The molecule has 0 saturated carbocycles. The van der Waals surface area contributed by atoms with Crippen molar-refractivity contribution < 1.29 is 9.90 Å². The van der Waals surface area contributed by atoms with Crippen molar-refractivity contribution in [3.8, 4) is 0 Å². The molecule has 102 valence electrons. The molecule has 0 aliphatic carbocycles. The molecule has 1 aromatic carbocycles. The number of aromatic carboxylic acids is 1. The van der Waals surface area contributed by atoms with Crippen molar-refractivity contribution in [3.05, 3.63) is 30.1 Å². The number of rotatable bonds is 6. The number of carboxylic acid groups (broad SMARTS) is 1. The lowest BCUT2D eigenvalue weighted by molar-refractivity contribution is 0.0698. The molecule has 0 saturated heterocycles. The average Bonchev–Trinajstić information content (AvgIpc) is 2.82. The normalized spacial score (nSPS) is 12.7. The molecule has 0 fully saturated rings. The predicted octanol–water partition coefficient (Wildman–Crippen LogP) is 3.44. The number of benzene rings is 1. The Hall–Kier alpha value is -1.49. The molecule has 0 aliphatic rings. The Labute approximate surface area is 116 Å². The van der Waals surface area contributed by atoms with Crippen LogP contribution in [0, 0.1) is 0 Å². The molecule has 0 amide bonds. The zero-order valence-electron chi connectivity index (χ0n) is 11.2. The van der Waals surface area contributed by atoms with Gasteiger partial charge in [-0.1, -0.05) is 13.0 Å². The summed E-state index contributed by atoms with van der Waals surface area (Å²) in [6.45, 7) is 4.25. The highest BCUT2D eigenvalue weighted by molar-refractivity contribution is 7.99. The van der Waals surface area contributed by atoms with E-state index in [1.807, 2.05) is 22.4 Å². The maximum atomic E-state index is 11.3. The van der Waals surface area contributed by atoms with Gasteiger partial charge < -0.3 is 9.67 Å². The molecule has 0 bridgehead atoms. The van der Waals surface area contributed by atoms with Crippen molar-refractivity contribution in [2.24, 2.45) is 0 Å². The van der Waals surface area contributed by atoms with E-state index in [-0.39, 0.29) is 6.04 Å². The van der Waals surface area contributed by atoms with Crippen LogP contribution in [-0.2, 0) is 0 Å². The molecule has 1 unspecified atom stereocenters. The maximum absolute atomic E-state index is 11.3. The quantitative estimate of drug-likeness (QED) is 0.822. The van der Waals surface area contributed by atoms with Crippen molar-refractivity contribution >= 4 is 28.8 Å². The molecule has 4 nitrogen and oxygen atoms in total. The van der Waals surface area contributed by atoms with Crippen LogP contribution >= 0.6 is 11.8 Å². The van der Waals surface area contributed by atoms with Crippen LogP contribution in [0.4, 0.5) is 0 Å². The highest BCUT2D eigenvalue weighted by atomic mass is 32.2. The van der Waals surface area contributed by atoms with Gasteiger partial charge in [0, 0.05) is 6.04 Å². The van der Waals surface area contributed by atoms with E-state index in [1.165, 1.54) is 0 Å². The Morgan fingerprint density at radius 3 is 3.00 bits per heavy atom. The summed E-state index contributed by atoms with van der Waals surface area (Å²) in [4.78, 5) is 15.6. The summed E-state index contributed by atoms with van der Waals surface area (Å²) < 4.78 is 1.98. The molecular formula is C14H18N2O2S. The lowest BCUT2D eigenvalue weighted by Gasteiger charge is -2.15. The molecule has 1 N–H and O–H groups in total. The molecule has 1 atom stereocenters. The second-order valence-corrected chi connectivity index (χ2v) is 5.86. The van der Waals surface area contributed by atoms with Crippen LogP contribution < -0.4 is 0 Å². The van der Waals surface area contributed by atoms with Gasteiger partial charge in [0.05, 0.1) is 22.9 Å². The number of nitrogens with zero attached hydrogens (tertiary/aromatic N) is 2. The van der Waals surface area contributed by atoms with Gasteiger partial charge in [0.25, 0.3) is 0 Å². The van der Waals surface area contributed by atoms with Gasteiger partial charge in [-0.05, 0) is 37.0 Å². The van der Waals surface area contributed by atoms with Crippen molar-refractivity contribution in [1.82, 2.24) is 9.55 Å². The Balaban J connectivity index is 2.35. The molecule has 19 heavy (non-hydrogen) atoms. The zero-order valence-corrected chi connectivity index (χ0v) is 12.0. The minimum atomic E-state index is -0.900. The number of para-hydroxylation sites is 1. The number of aromatic nitrogens is 2. The van der Waals surface area contributed by atoms with Gasteiger partial charge in [0.1, 0.15) is 0 Å². The van der Waals surface area contributed by atoms with Crippen LogP contribution in [0.25, 0.3) is 11.0 Å². The molecule has 1 aromatic heterocycles. The summed E-state index contributed by atoms with van der Waals surface area (Å²) >= 11 is 1.90. The fourth-order valence-corrected chi connectivity index (χ4v) is 2.93. The monoisotopic (exact) mass is 278 g/mol. The minimum absolute atomic E-state index is 0.254. The van der Waals surface area contributed by atoms with Crippen LogP contribution in [-0.4, -0.2) is 32.1 Å². The molecule has 0 aliphatic heterocycles. The smallest absolute Gasteiger partial charge is 0.337 e. The fraction of sp³-hybridized carbons (Fsp3) is 0.429. The van der Waals surface area contributed by atoms with Crippen LogP contribution in [0.15, 0.2) is 24.5 Å². The van der Waals surface area contributed by atoms with E-state index in [9.17, 15) is 9.90 Å². The van der Waals surface area contributed by atoms with Crippen molar-refractivity contribution in [2.75, 3.05) is 11.5 Å². The van der Waals surface area contributed by atoms with Gasteiger partial charge >= 0.3 is 5.97 Å². The Morgan fingerprint density at radius 1 is 1.53 bits per heavy atom. The highest BCUT2D eigenvalue weighted by Gasteiger charge is 2.16. The summed E-state index contributed by atoms with van der Waals surface area (Å²) in [5.41, 5.74) is 1.80. The lowest BCUT2D eigenvalue weighted by atomic mass is 10.1. The number of thioether (sulfide) groups is 1. The summed E-state index contributed by atoms with van der Waals surface area (Å²) in [7, 11) is 0. The van der Waals surface area contributed by atoms with Crippen LogP contribution in [0.3, 0.4) is 0 Å². The lowest BCUT2D eigenvalue weighted by Crippen LogP contribution is -2.08. The van der Waals surface area contributed by atoms with E-state index in [4.69, 9.17) is 0 Å². The largest absolute Gasteiger partial charge is 0.478 e. The third kappa shape index (κ3) is 2.92. The Morgan fingerprint density at radius 2 is 2.32 bits per heavy atom. The topological polar surface area (TPSA) is 55.1 Å². The number of carbonyl (C=O) groups is 1. The van der Waals surface area contributed by atoms with E-state index in [0.29, 0.717) is 5.56 Å². The first-order chi connectivity index (χ1) is 9.15. The molecule has 5 heteroatoms. The number of carboxylic acids is 1. The van der Waals surface area contributed by atoms with Crippen molar-refractivity contribution in [2.45, 2.75) is 26.3 Å². The molecular weight excluding hydrogens is 260 g/mol. The van der Waals surface area contributed by atoms with Gasteiger partial charge in [-0.2, -0.15) is 11.8 Å². The fourth-order valence-electron chi connectivity index (χ4n) is 2.13. The number of hydrogen-bond acceptors (Lipinski definition) is 3. The third-order valence-electron chi connectivity index (χ3n) is 3.18. The molecule has 0 spiro atoms. The second-order valence-electron chi connectivity index (χ2n) is 4.46. The molecule has 2 rings (SSSR count). The Bertz CT molecular complexity index is 580. The van der Waals surface area contributed by atoms with Crippen LogP contribution in [0.2, 0.25) is 0 Å². The summed E-state index contributed by atoms with van der Waals surface area (Å²) in [6, 6.07) is 5.48. The summed E-state index contributed by atoms with van der Waals surface area (Å²) in [6.07, 6.45) is 2.76. The van der Waals surface area contributed by atoms with Gasteiger partial charge in [-0.15, -0.1) is 0 Å². The van der Waals surface area contributed by atoms with E-state index in [1.54, 1.807) is 18.5 Å². The van der Waals surface area contributed by atoms with Gasteiger partial charge in [0.2, 0.25) is 0 Å². The zero-order chi connectivity index (χ0) is 13.8. The minimum Gasteiger partial charge on any atom is -0.478 e. The first kappa shape index (κ1) is 13.9. The van der Waals surface area contributed by atoms with E-state index >= 15 is 0 Å². The average molecular weight is 278 g/mol.